The van der Waals surface area contributed by atoms with E-state index in [1.165, 1.54) is 6.92 Å². The number of likely N-dealkylation sites (tertiary alicyclic amines) is 1. The van der Waals surface area contributed by atoms with Gasteiger partial charge in [0, 0.05) is 42.4 Å². The van der Waals surface area contributed by atoms with Crippen molar-refractivity contribution < 1.29 is 28.2 Å². The second kappa shape index (κ2) is 7.97. The number of amides is 1. The van der Waals surface area contributed by atoms with E-state index >= 15 is 0 Å². The predicted molar refractivity (Wildman–Crippen MR) is 118 cm³/mol. The van der Waals surface area contributed by atoms with E-state index < -0.39 is 23.6 Å². The minimum atomic E-state index is -4.57. The summed E-state index contributed by atoms with van der Waals surface area (Å²) in [5.74, 6) is -0.295. The highest BCUT2D eigenvalue weighted by Crippen LogP contribution is 2.39. The average Bonchev–Trinajstić information content (AvgIpc) is 3.41. The van der Waals surface area contributed by atoms with Crippen LogP contribution in [0.4, 0.5) is 13.2 Å². The van der Waals surface area contributed by atoms with Gasteiger partial charge in [-0.15, -0.1) is 0 Å². The second-order valence-corrected chi connectivity index (χ2v) is 9.34. The van der Waals surface area contributed by atoms with Crippen LogP contribution in [-0.2, 0) is 17.5 Å². The van der Waals surface area contributed by atoms with Crippen LogP contribution < -0.4 is 0 Å². The molecule has 1 aliphatic heterocycles. The molecule has 0 radical (unpaired) electrons. The molecule has 1 amide bonds. The van der Waals surface area contributed by atoms with Gasteiger partial charge in [-0.25, -0.2) is 4.98 Å². The number of rotatable bonds is 5. The molecule has 2 atom stereocenters. The third kappa shape index (κ3) is 4.00. The van der Waals surface area contributed by atoms with E-state index in [0.29, 0.717) is 48.3 Å². The molecule has 1 saturated carbocycles. The van der Waals surface area contributed by atoms with Gasteiger partial charge >= 0.3 is 6.18 Å². The van der Waals surface area contributed by atoms with Crippen molar-refractivity contribution in [3.63, 3.8) is 0 Å². The lowest BCUT2D eigenvalue weighted by Crippen LogP contribution is -2.28. The Kier molecular flexibility index (Phi) is 5.31. The summed E-state index contributed by atoms with van der Waals surface area (Å²) in [4.78, 5) is 18.8. The Balaban J connectivity index is 1.50. The number of aryl methyl sites for hydroxylation is 1. The summed E-state index contributed by atoms with van der Waals surface area (Å²) in [5, 5.41) is 26.0. The third-order valence-corrected chi connectivity index (χ3v) is 6.60. The number of carbonyl (C=O) groups is 1. The van der Waals surface area contributed by atoms with Gasteiger partial charge in [-0.3, -0.25) is 9.48 Å². The highest BCUT2D eigenvalue weighted by molar-refractivity contribution is 5.83. The van der Waals surface area contributed by atoms with Crippen LogP contribution in [0, 0.1) is 12.8 Å². The van der Waals surface area contributed by atoms with Gasteiger partial charge in [-0.1, -0.05) is 0 Å². The average molecular weight is 474 g/mol. The van der Waals surface area contributed by atoms with Gasteiger partial charge in [0.25, 0.3) is 0 Å². The van der Waals surface area contributed by atoms with E-state index in [1.54, 1.807) is 23.7 Å². The minimum Gasteiger partial charge on any atom is -0.507 e. The van der Waals surface area contributed by atoms with Crippen molar-refractivity contribution in [2.24, 2.45) is 5.92 Å². The first-order valence-electron chi connectivity index (χ1n) is 11.3. The van der Waals surface area contributed by atoms with Gasteiger partial charge in [0.2, 0.25) is 5.91 Å². The molecule has 1 unspecified atom stereocenters. The molecule has 2 aromatic heterocycles. The fraction of sp³-hybridized carbons (Fsp3) is 0.458. The summed E-state index contributed by atoms with van der Waals surface area (Å²) >= 11 is 0. The Morgan fingerprint density at radius 3 is 2.59 bits per heavy atom. The SMILES string of the molecule is Cc1cc(C(F)(F)F)cc(O)c1-c1ccc2c([C@H](C)O)n(CC3CC(=O)N(C4CC4)C3)nc2n1. The molecule has 1 aromatic carbocycles. The van der Waals surface area contributed by atoms with Gasteiger partial charge in [0.15, 0.2) is 5.65 Å². The Morgan fingerprint density at radius 2 is 1.97 bits per heavy atom. The smallest absolute Gasteiger partial charge is 0.416 e. The molecule has 0 bridgehead atoms. The fourth-order valence-electron chi connectivity index (χ4n) is 4.93. The minimum absolute atomic E-state index is 0.0700. The first-order valence-corrected chi connectivity index (χ1v) is 11.3. The van der Waals surface area contributed by atoms with Crippen LogP contribution in [-0.4, -0.2) is 48.4 Å². The Labute approximate surface area is 193 Å². The molecule has 3 heterocycles. The first-order chi connectivity index (χ1) is 16.0. The molecule has 10 heteroatoms. The summed E-state index contributed by atoms with van der Waals surface area (Å²) < 4.78 is 40.9. The van der Waals surface area contributed by atoms with Crippen molar-refractivity contribution in [3.8, 4) is 17.0 Å². The van der Waals surface area contributed by atoms with E-state index in [1.807, 2.05) is 4.90 Å². The lowest BCUT2D eigenvalue weighted by atomic mass is 10.00. The molecule has 34 heavy (non-hydrogen) atoms. The van der Waals surface area contributed by atoms with Crippen molar-refractivity contribution >= 4 is 16.9 Å². The number of pyridine rings is 1. The molecule has 180 valence electrons. The maximum absolute atomic E-state index is 13.1. The number of aliphatic hydroxyl groups is 1. The monoisotopic (exact) mass is 474 g/mol. The van der Waals surface area contributed by atoms with Crippen LogP contribution in [0.2, 0.25) is 0 Å². The molecule has 3 aromatic rings. The Hall–Kier alpha value is -3.14. The van der Waals surface area contributed by atoms with Crippen molar-refractivity contribution in [1.82, 2.24) is 19.7 Å². The zero-order valence-electron chi connectivity index (χ0n) is 18.8. The lowest BCUT2D eigenvalue weighted by molar-refractivity contribution is -0.137. The molecule has 2 fully saturated rings. The zero-order valence-corrected chi connectivity index (χ0v) is 18.8. The summed E-state index contributed by atoms with van der Waals surface area (Å²) in [6.07, 6.45) is -2.88. The van der Waals surface area contributed by atoms with Gasteiger partial charge < -0.3 is 15.1 Å². The number of benzene rings is 1. The molecule has 5 rings (SSSR count). The maximum Gasteiger partial charge on any atom is 0.416 e. The number of carbonyl (C=O) groups excluding carboxylic acids is 1. The van der Waals surface area contributed by atoms with E-state index in [9.17, 15) is 28.2 Å². The number of halogens is 3. The molecule has 1 aliphatic carbocycles. The number of hydrogen-bond donors (Lipinski definition) is 2. The molecule has 7 nitrogen and oxygen atoms in total. The molecular formula is C24H25F3N4O3. The van der Waals surface area contributed by atoms with Crippen molar-refractivity contribution in [2.45, 2.75) is 58.0 Å². The number of aliphatic hydroxyl groups excluding tert-OH is 1. The highest BCUT2D eigenvalue weighted by Gasteiger charge is 2.39. The number of phenols is 1. The molecule has 0 spiro atoms. The van der Waals surface area contributed by atoms with Gasteiger partial charge in [-0.05, 0) is 56.5 Å². The van der Waals surface area contributed by atoms with Crippen molar-refractivity contribution in [3.05, 3.63) is 41.1 Å². The number of alkyl halides is 3. The Bertz CT molecular complexity index is 1260. The molecular weight excluding hydrogens is 449 g/mol. The topological polar surface area (TPSA) is 91.5 Å². The molecule has 2 aliphatic rings. The number of hydrogen-bond acceptors (Lipinski definition) is 5. The van der Waals surface area contributed by atoms with E-state index in [0.717, 1.165) is 18.9 Å². The van der Waals surface area contributed by atoms with Crippen LogP contribution in [0.3, 0.4) is 0 Å². The largest absolute Gasteiger partial charge is 0.507 e. The van der Waals surface area contributed by atoms with Crippen LogP contribution in [0.5, 0.6) is 5.75 Å². The Morgan fingerprint density at radius 1 is 1.24 bits per heavy atom. The first kappa shape index (κ1) is 22.6. The van der Waals surface area contributed by atoms with Crippen molar-refractivity contribution in [1.29, 1.82) is 0 Å². The number of aromatic hydroxyl groups is 1. The van der Waals surface area contributed by atoms with E-state index in [-0.39, 0.29) is 28.6 Å². The summed E-state index contributed by atoms with van der Waals surface area (Å²) in [6.45, 7) is 4.23. The number of aromatic nitrogens is 3. The van der Waals surface area contributed by atoms with Gasteiger partial charge in [0.05, 0.1) is 23.1 Å². The number of fused-ring (bicyclic) bond motifs is 1. The number of phenolic OH excluding ortho intramolecular Hbond substituents is 1. The normalized spacial score (nSPS) is 19.9. The fourth-order valence-corrected chi connectivity index (χ4v) is 4.93. The molecule has 1 saturated heterocycles. The highest BCUT2D eigenvalue weighted by atomic mass is 19.4. The van der Waals surface area contributed by atoms with Crippen LogP contribution in [0.15, 0.2) is 24.3 Å². The van der Waals surface area contributed by atoms with E-state index in [4.69, 9.17) is 0 Å². The quantitative estimate of drug-likeness (QED) is 0.579. The summed E-state index contributed by atoms with van der Waals surface area (Å²) in [5.41, 5.74) is 0.673. The second-order valence-electron chi connectivity index (χ2n) is 9.34. The van der Waals surface area contributed by atoms with E-state index in [2.05, 4.69) is 10.1 Å². The maximum atomic E-state index is 13.1. The zero-order chi connectivity index (χ0) is 24.4. The third-order valence-electron chi connectivity index (χ3n) is 6.60. The molecule has 2 N–H and O–H groups in total. The summed E-state index contributed by atoms with van der Waals surface area (Å²) in [6, 6.07) is 5.33. The standard InChI is InChI=1S/C24H25F3N4O3/c1-12-7-15(24(25,26)27)9-19(33)21(12)18-6-5-17-22(13(2)32)31(29-23(17)28-18)11-14-8-20(34)30(10-14)16-3-4-16/h5-7,9,13-14,16,32-33H,3-4,8,10-11H2,1-2H3/t13-,14?/m0/s1. The van der Waals surface area contributed by atoms with Gasteiger partial charge in [-0.2, -0.15) is 18.3 Å². The summed E-state index contributed by atoms with van der Waals surface area (Å²) in [7, 11) is 0. The van der Waals surface area contributed by atoms with Crippen LogP contribution in [0.1, 0.15) is 49.1 Å². The van der Waals surface area contributed by atoms with Crippen molar-refractivity contribution in [2.75, 3.05) is 6.54 Å². The lowest BCUT2D eigenvalue weighted by Gasteiger charge is -2.16. The van der Waals surface area contributed by atoms with Gasteiger partial charge in [0.1, 0.15) is 5.75 Å². The number of nitrogens with zero attached hydrogens (tertiary/aromatic N) is 4. The van der Waals surface area contributed by atoms with Crippen LogP contribution in [0.25, 0.3) is 22.3 Å². The predicted octanol–water partition coefficient (Wildman–Crippen LogP) is 4.20. The van der Waals surface area contributed by atoms with Crippen LogP contribution >= 0.6 is 0 Å².